The minimum Gasteiger partial charge on any atom is -0.481 e. The van der Waals surface area contributed by atoms with Gasteiger partial charge in [-0.15, -0.1) is 0 Å². The summed E-state index contributed by atoms with van der Waals surface area (Å²) >= 11 is 0. The molecule has 0 heterocycles. The van der Waals surface area contributed by atoms with Gasteiger partial charge in [-0.1, -0.05) is 13.8 Å². The first-order valence-electron chi connectivity index (χ1n) is 8.75. The SMILES string of the molecule is CC(C)C[C@H](NC(=O)[C@H](CC(=O)O)NC(=O)[C@@H](N)CO)C(=O)N[C@@H](CO)C(=O)O. The number of carbonyl (C=O) groups excluding carboxylic acids is 3. The molecular weight excluding hydrogens is 392 g/mol. The first kappa shape index (κ1) is 26.2. The van der Waals surface area contributed by atoms with Crippen molar-refractivity contribution >= 4 is 29.7 Å². The number of aliphatic carboxylic acids is 2. The molecule has 0 unspecified atom stereocenters. The van der Waals surface area contributed by atoms with Gasteiger partial charge in [-0.3, -0.25) is 19.2 Å². The van der Waals surface area contributed by atoms with E-state index in [9.17, 15) is 24.0 Å². The molecule has 0 aliphatic rings. The van der Waals surface area contributed by atoms with Gasteiger partial charge in [0.2, 0.25) is 17.7 Å². The predicted octanol–water partition coefficient (Wildman–Crippen LogP) is -3.64. The molecule has 4 atom stereocenters. The normalized spacial score (nSPS) is 15.0. The first-order valence-corrected chi connectivity index (χ1v) is 8.75. The Balaban J connectivity index is 5.39. The third kappa shape index (κ3) is 9.82. The molecule has 0 aromatic carbocycles. The molecular formula is C16H28N4O9. The lowest BCUT2D eigenvalue weighted by Crippen LogP contribution is -2.58. The Morgan fingerprint density at radius 1 is 0.793 bits per heavy atom. The summed E-state index contributed by atoms with van der Waals surface area (Å²) < 4.78 is 0. The van der Waals surface area contributed by atoms with Crippen LogP contribution in [0.3, 0.4) is 0 Å². The van der Waals surface area contributed by atoms with Gasteiger partial charge in [0.15, 0.2) is 0 Å². The van der Waals surface area contributed by atoms with Gasteiger partial charge in [-0.25, -0.2) is 4.79 Å². The smallest absolute Gasteiger partial charge is 0.328 e. The number of nitrogens with one attached hydrogen (secondary N) is 3. The lowest BCUT2D eigenvalue weighted by molar-refractivity contribution is -0.144. The zero-order chi connectivity index (χ0) is 22.7. The van der Waals surface area contributed by atoms with Gasteiger partial charge < -0.3 is 42.1 Å². The molecule has 166 valence electrons. The van der Waals surface area contributed by atoms with E-state index in [1.807, 2.05) is 0 Å². The molecule has 0 aromatic heterocycles. The number of carboxylic acid groups (broad SMARTS) is 2. The van der Waals surface area contributed by atoms with Crippen LogP contribution >= 0.6 is 0 Å². The zero-order valence-corrected chi connectivity index (χ0v) is 16.1. The summed E-state index contributed by atoms with van der Waals surface area (Å²) in [4.78, 5) is 58.6. The minimum absolute atomic E-state index is 0.0687. The van der Waals surface area contributed by atoms with Gasteiger partial charge in [0.25, 0.3) is 0 Å². The second kappa shape index (κ2) is 12.6. The molecule has 3 amide bonds. The molecule has 0 saturated carbocycles. The van der Waals surface area contributed by atoms with E-state index in [2.05, 4.69) is 16.0 Å². The summed E-state index contributed by atoms with van der Waals surface area (Å²) in [6.07, 6.45) is -0.751. The van der Waals surface area contributed by atoms with Gasteiger partial charge >= 0.3 is 11.9 Å². The molecule has 0 saturated heterocycles. The molecule has 0 radical (unpaired) electrons. The summed E-state index contributed by atoms with van der Waals surface area (Å²) in [6, 6.07) is -5.82. The van der Waals surface area contributed by atoms with Crippen molar-refractivity contribution in [3.8, 4) is 0 Å². The van der Waals surface area contributed by atoms with E-state index < -0.39 is 73.5 Å². The van der Waals surface area contributed by atoms with E-state index in [0.717, 1.165) is 0 Å². The number of aliphatic hydroxyl groups is 2. The molecule has 0 fully saturated rings. The van der Waals surface area contributed by atoms with Crippen LogP contribution in [0.4, 0.5) is 0 Å². The lowest BCUT2D eigenvalue weighted by Gasteiger charge is -2.25. The van der Waals surface area contributed by atoms with E-state index in [1.54, 1.807) is 13.8 Å². The van der Waals surface area contributed by atoms with Gasteiger partial charge in [0.05, 0.1) is 19.6 Å². The van der Waals surface area contributed by atoms with Gasteiger partial charge in [-0.05, 0) is 12.3 Å². The highest BCUT2D eigenvalue weighted by atomic mass is 16.4. The quantitative estimate of drug-likeness (QED) is 0.146. The molecule has 13 nitrogen and oxygen atoms in total. The van der Waals surface area contributed by atoms with Crippen LogP contribution in [0.5, 0.6) is 0 Å². The number of rotatable bonds is 13. The van der Waals surface area contributed by atoms with E-state index >= 15 is 0 Å². The minimum atomic E-state index is -1.59. The van der Waals surface area contributed by atoms with Crippen LogP contribution in [0, 0.1) is 5.92 Å². The molecule has 0 bridgehead atoms. The van der Waals surface area contributed by atoms with Crippen molar-refractivity contribution in [3.05, 3.63) is 0 Å². The Kier molecular flexibility index (Phi) is 11.4. The van der Waals surface area contributed by atoms with Gasteiger partial charge in [0.1, 0.15) is 24.2 Å². The Morgan fingerprint density at radius 3 is 1.69 bits per heavy atom. The fraction of sp³-hybridized carbons (Fsp3) is 0.688. The predicted molar refractivity (Wildman–Crippen MR) is 97.3 cm³/mol. The molecule has 0 aromatic rings. The number of nitrogens with two attached hydrogens (primary N) is 1. The van der Waals surface area contributed by atoms with Crippen molar-refractivity contribution in [2.24, 2.45) is 11.7 Å². The summed E-state index contributed by atoms with van der Waals surface area (Å²) in [6.45, 7) is 1.84. The third-order valence-electron chi connectivity index (χ3n) is 3.68. The fourth-order valence-electron chi connectivity index (χ4n) is 2.18. The van der Waals surface area contributed by atoms with Crippen LogP contribution < -0.4 is 21.7 Å². The number of carboxylic acids is 2. The van der Waals surface area contributed by atoms with Crippen LogP contribution in [-0.2, 0) is 24.0 Å². The van der Waals surface area contributed by atoms with Crippen LogP contribution in [0.25, 0.3) is 0 Å². The maximum absolute atomic E-state index is 12.5. The molecule has 0 spiro atoms. The molecule has 13 heteroatoms. The van der Waals surface area contributed by atoms with E-state index in [1.165, 1.54) is 0 Å². The number of carbonyl (C=O) groups is 5. The second-order valence-electron chi connectivity index (χ2n) is 6.72. The summed E-state index contributed by atoms with van der Waals surface area (Å²) in [5.41, 5.74) is 5.33. The molecule has 0 aliphatic heterocycles. The van der Waals surface area contributed by atoms with Crippen molar-refractivity contribution in [3.63, 3.8) is 0 Å². The molecule has 29 heavy (non-hydrogen) atoms. The highest BCUT2D eigenvalue weighted by molar-refractivity contribution is 5.95. The van der Waals surface area contributed by atoms with Crippen LogP contribution in [0.15, 0.2) is 0 Å². The van der Waals surface area contributed by atoms with E-state index in [4.69, 9.17) is 26.2 Å². The molecule has 0 rings (SSSR count). The van der Waals surface area contributed by atoms with Gasteiger partial charge in [0, 0.05) is 0 Å². The number of aliphatic hydroxyl groups excluding tert-OH is 2. The first-order chi connectivity index (χ1) is 13.4. The van der Waals surface area contributed by atoms with Crippen molar-refractivity contribution in [2.45, 2.75) is 50.9 Å². The Labute approximate surface area is 166 Å². The highest BCUT2D eigenvalue weighted by Crippen LogP contribution is 2.07. The Hall–Kier alpha value is -2.77. The van der Waals surface area contributed by atoms with Crippen molar-refractivity contribution in [2.75, 3.05) is 13.2 Å². The topological polar surface area (TPSA) is 228 Å². The summed E-state index contributed by atoms with van der Waals surface area (Å²) in [5.74, 6) is -5.91. The van der Waals surface area contributed by atoms with Crippen LogP contribution in [0.1, 0.15) is 26.7 Å². The van der Waals surface area contributed by atoms with Crippen molar-refractivity contribution < 1.29 is 44.4 Å². The summed E-state index contributed by atoms with van der Waals surface area (Å²) in [5, 5.41) is 42.2. The highest BCUT2D eigenvalue weighted by Gasteiger charge is 2.31. The summed E-state index contributed by atoms with van der Waals surface area (Å²) in [7, 11) is 0. The average molecular weight is 420 g/mol. The van der Waals surface area contributed by atoms with E-state index in [-0.39, 0.29) is 12.3 Å². The van der Waals surface area contributed by atoms with E-state index in [0.29, 0.717) is 0 Å². The van der Waals surface area contributed by atoms with Crippen LogP contribution in [0.2, 0.25) is 0 Å². The maximum atomic E-state index is 12.5. The third-order valence-corrected chi connectivity index (χ3v) is 3.68. The van der Waals surface area contributed by atoms with Crippen LogP contribution in [-0.4, -0.2) is 87.5 Å². The Morgan fingerprint density at radius 2 is 1.28 bits per heavy atom. The Bertz CT molecular complexity index is 611. The van der Waals surface area contributed by atoms with Crippen molar-refractivity contribution in [1.82, 2.24) is 16.0 Å². The number of hydrogen-bond donors (Lipinski definition) is 8. The average Bonchev–Trinajstić information content (AvgIpc) is 2.62. The zero-order valence-electron chi connectivity index (χ0n) is 16.1. The number of amides is 3. The largest absolute Gasteiger partial charge is 0.481 e. The lowest BCUT2D eigenvalue weighted by atomic mass is 10.0. The second-order valence-corrected chi connectivity index (χ2v) is 6.72. The van der Waals surface area contributed by atoms with Crippen molar-refractivity contribution in [1.29, 1.82) is 0 Å². The standard InChI is InChI=1S/C16H28N4O9/c1-7(2)3-9(14(26)20-11(6-22)16(28)29)19-15(27)10(4-12(23)24)18-13(25)8(17)5-21/h7-11,21-22H,3-6,17H2,1-2H3,(H,18,25)(H,19,27)(H,20,26)(H,23,24)(H,28,29)/t8-,9-,10-,11-/m0/s1. The molecule has 0 aliphatic carbocycles. The monoisotopic (exact) mass is 420 g/mol. The maximum Gasteiger partial charge on any atom is 0.328 e. The number of hydrogen-bond acceptors (Lipinski definition) is 8. The fourth-order valence-corrected chi connectivity index (χ4v) is 2.18. The molecule has 9 N–H and O–H groups in total. The van der Waals surface area contributed by atoms with Gasteiger partial charge in [-0.2, -0.15) is 0 Å².